The Morgan fingerprint density at radius 1 is 1.12 bits per heavy atom. The third-order valence-corrected chi connectivity index (χ3v) is 4.35. The smallest absolute Gasteiger partial charge is 0.221 e. The maximum Gasteiger partial charge on any atom is 0.221 e. The van der Waals surface area contributed by atoms with Crippen LogP contribution in [0.25, 0.3) is 5.69 Å². The van der Waals surface area contributed by atoms with Crippen LogP contribution in [0.3, 0.4) is 0 Å². The van der Waals surface area contributed by atoms with Crippen molar-refractivity contribution in [1.82, 2.24) is 14.4 Å². The van der Waals surface area contributed by atoms with Crippen LogP contribution in [0.1, 0.15) is 19.5 Å². The number of hydrogen-bond donors (Lipinski definition) is 0. The minimum atomic E-state index is 0.857. The zero-order chi connectivity index (χ0) is 17.5. The van der Waals surface area contributed by atoms with Gasteiger partial charge in [0, 0.05) is 37.9 Å². The Labute approximate surface area is 152 Å². The highest BCUT2D eigenvalue weighted by atomic mass is 79.9. The molecule has 0 aliphatic heterocycles. The predicted molar refractivity (Wildman–Crippen MR) is 105 cm³/mol. The summed E-state index contributed by atoms with van der Waals surface area (Å²) in [6.45, 7) is 6.03. The van der Waals surface area contributed by atoms with Gasteiger partial charge in [0.2, 0.25) is 5.96 Å². The van der Waals surface area contributed by atoms with E-state index in [9.17, 15) is 0 Å². The number of rotatable bonds is 5. The zero-order valence-electron chi connectivity index (χ0n) is 14.6. The highest BCUT2D eigenvalue weighted by molar-refractivity contribution is 9.10. The van der Waals surface area contributed by atoms with Gasteiger partial charge in [-0.1, -0.05) is 12.1 Å². The molecule has 0 fully saturated rings. The number of benzene rings is 1. The lowest BCUT2D eigenvalue weighted by Gasteiger charge is -2.26. The molecular weight excluding hydrogens is 366 g/mol. The summed E-state index contributed by atoms with van der Waals surface area (Å²) in [5.74, 6) is 0.857. The fourth-order valence-corrected chi connectivity index (χ4v) is 2.92. The van der Waals surface area contributed by atoms with Crippen molar-refractivity contribution in [1.29, 1.82) is 0 Å². The third kappa shape index (κ3) is 4.26. The minimum absolute atomic E-state index is 0.857. The maximum atomic E-state index is 4.41. The normalized spacial score (nSPS) is 12.0. The molecule has 0 amide bonds. The van der Waals surface area contributed by atoms with Crippen LogP contribution in [0.5, 0.6) is 0 Å². The van der Waals surface area contributed by atoms with E-state index in [1.165, 1.54) is 0 Å². The van der Waals surface area contributed by atoms with Crippen LogP contribution in [0.2, 0.25) is 0 Å². The molecule has 2 aromatic rings. The van der Waals surface area contributed by atoms with Crippen LogP contribution in [0.4, 0.5) is 0 Å². The van der Waals surface area contributed by atoms with Gasteiger partial charge in [0.25, 0.3) is 0 Å². The molecule has 0 saturated carbocycles. The first-order chi connectivity index (χ1) is 11.6. The van der Waals surface area contributed by atoms with Crippen LogP contribution in [0.15, 0.2) is 57.3 Å². The third-order valence-electron chi connectivity index (χ3n) is 3.68. The molecule has 0 bridgehead atoms. The maximum absolute atomic E-state index is 4.41. The van der Waals surface area contributed by atoms with Gasteiger partial charge < -0.3 is 14.4 Å². The van der Waals surface area contributed by atoms with E-state index in [1.807, 2.05) is 55.5 Å². The van der Waals surface area contributed by atoms with Crippen LogP contribution in [-0.4, -0.2) is 53.7 Å². The van der Waals surface area contributed by atoms with Crippen LogP contribution < -0.4 is 0 Å². The average molecular weight is 390 g/mol. The van der Waals surface area contributed by atoms with Crippen molar-refractivity contribution in [2.75, 3.05) is 27.2 Å². The van der Waals surface area contributed by atoms with Gasteiger partial charge in [0.15, 0.2) is 0 Å². The van der Waals surface area contributed by atoms with Gasteiger partial charge in [0.05, 0.1) is 17.6 Å². The monoisotopic (exact) mass is 389 g/mol. The standard InChI is InChI=1S/C18H24BrN5/c1-5-23(6-2)18(22(3)4)21-20-14-15-10-9-13-24(15)17-12-8-7-11-16(17)19/h7-14H,5-6H2,1-4H3/b20-14+,21-18+. The second kappa shape index (κ2) is 8.68. The van der Waals surface area contributed by atoms with Crippen molar-refractivity contribution in [2.24, 2.45) is 10.2 Å². The second-order valence-corrected chi connectivity index (χ2v) is 6.32. The Morgan fingerprint density at radius 3 is 2.46 bits per heavy atom. The van der Waals surface area contributed by atoms with E-state index < -0.39 is 0 Å². The second-order valence-electron chi connectivity index (χ2n) is 5.47. The summed E-state index contributed by atoms with van der Waals surface area (Å²) in [6.07, 6.45) is 3.80. The average Bonchev–Trinajstić information content (AvgIpc) is 3.03. The predicted octanol–water partition coefficient (Wildman–Crippen LogP) is 3.83. The van der Waals surface area contributed by atoms with Gasteiger partial charge in [-0.05, 0) is 54.0 Å². The van der Waals surface area contributed by atoms with E-state index in [0.29, 0.717) is 0 Å². The summed E-state index contributed by atoms with van der Waals surface area (Å²) in [4.78, 5) is 4.15. The number of para-hydroxylation sites is 1. The first-order valence-electron chi connectivity index (χ1n) is 8.04. The molecule has 0 aliphatic carbocycles. The first kappa shape index (κ1) is 18.3. The molecule has 0 saturated heterocycles. The molecule has 1 aromatic heterocycles. The van der Waals surface area contributed by atoms with E-state index in [0.717, 1.165) is 34.9 Å². The van der Waals surface area contributed by atoms with Crippen molar-refractivity contribution in [2.45, 2.75) is 13.8 Å². The van der Waals surface area contributed by atoms with Crippen LogP contribution in [0, 0.1) is 0 Å². The van der Waals surface area contributed by atoms with Crippen molar-refractivity contribution in [3.8, 4) is 5.69 Å². The SMILES string of the molecule is CCN(CC)/C(=N/N=C/c1cccn1-c1ccccc1Br)N(C)C. The highest BCUT2D eigenvalue weighted by Gasteiger charge is 2.09. The molecule has 0 unspecified atom stereocenters. The Kier molecular flexibility index (Phi) is 6.61. The van der Waals surface area contributed by atoms with Gasteiger partial charge in [-0.15, -0.1) is 5.10 Å². The molecule has 6 heteroatoms. The molecule has 0 N–H and O–H groups in total. The number of halogens is 1. The number of aromatic nitrogens is 1. The quantitative estimate of drug-likeness (QED) is 0.442. The van der Waals surface area contributed by atoms with Crippen LogP contribution in [-0.2, 0) is 0 Å². The van der Waals surface area contributed by atoms with E-state index in [1.54, 1.807) is 6.21 Å². The fourth-order valence-electron chi connectivity index (χ4n) is 2.45. The first-order valence-corrected chi connectivity index (χ1v) is 8.83. The Bertz CT molecular complexity index is 714. The molecule has 2 rings (SSSR count). The topological polar surface area (TPSA) is 36.1 Å². The number of guanidine groups is 1. The van der Waals surface area contributed by atoms with Gasteiger partial charge in [-0.2, -0.15) is 5.10 Å². The van der Waals surface area contributed by atoms with Crippen molar-refractivity contribution in [3.05, 3.63) is 52.8 Å². The lowest BCUT2D eigenvalue weighted by Crippen LogP contribution is -2.40. The lowest BCUT2D eigenvalue weighted by atomic mass is 10.3. The Hall–Kier alpha value is -2.08. The van der Waals surface area contributed by atoms with Gasteiger partial charge in [0.1, 0.15) is 0 Å². The molecule has 1 aromatic carbocycles. The van der Waals surface area contributed by atoms with Gasteiger partial charge in [-0.25, -0.2) is 0 Å². The highest BCUT2D eigenvalue weighted by Crippen LogP contribution is 2.21. The van der Waals surface area contributed by atoms with Gasteiger partial charge >= 0.3 is 0 Å². The summed E-state index contributed by atoms with van der Waals surface area (Å²) in [7, 11) is 3.97. The van der Waals surface area contributed by atoms with Crippen molar-refractivity contribution >= 4 is 28.1 Å². The molecule has 1 heterocycles. The summed E-state index contributed by atoms with van der Waals surface area (Å²) in [5, 5.41) is 8.72. The van der Waals surface area contributed by atoms with E-state index in [4.69, 9.17) is 0 Å². The molecular formula is C18H24BrN5. The molecule has 128 valence electrons. The molecule has 0 radical (unpaired) electrons. The van der Waals surface area contributed by atoms with E-state index in [-0.39, 0.29) is 0 Å². The molecule has 0 atom stereocenters. The Balaban J connectivity index is 2.29. The van der Waals surface area contributed by atoms with Crippen molar-refractivity contribution in [3.63, 3.8) is 0 Å². The Morgan fingerprint density at radius 2 is 1.83 bits per heavy atom. The number of nitrogens with zero attached hydrogens (tertiary/aromatic N) is 5. The summed E-state index contributed by atoms with van der Waals surface area (Å²) in [5.41, 5.74) is 2.05. The zero-order valence-corrected chi connectivity index (χ0v) is 16.2. The van der Waals surface area contributed by atoms with Crippen molar-refractivity contribution < 1.29 is 0 Å². The summed E-state index contributed by atoms with van der Waals surface area (Å²) >= 11 is 3.59. The minimum Gasteiger partial charge on any atom is -0.347 e. The largest absolute Gasteiger partial charge is 0.347 e. The van der Waals surface area contributed by atoms with E-state index in [2.05, 4.69) is 55.5 Å². The molecule has 24 heavy (non-hydrogen) atoms. The molecule has 0 spiro atoms. The summed E-state index contributed by atoms with van der Waals surface area (Å²) < 4.78 is 3.12. The number of hydrogen-bond acceptors (Lipinski definition) is 2. The van der Waals surface area contributed by atoms with Gasteiger partial charge in [-0.3, -0.25) is 0 Å². The van der Waals surface area contributed by atoms with E-state index >= 15 is 0 Å². The summed E-state index contributed by atoms with van der Waals surface area (Å²) in [6, 6.07) is 12.1. The molecule has 5 nitrogen and oxygen atoms in total. The molecule has 0 aliphatic rings. The fraction of sp³-hybridized carbons (Fsp3) is 0.333. The van der Waals surface area contributed by atoms with Crippen LogP contribution >= 0.6 is 15.9 Å². The lowest BCUT2D eigenvalue weighted by molar-refractivity contribution is 0.395.